The second kappa shape index (κ2) is 5.33. The van der Waals surface area contributed by atoms with Gasteiger partial charge in [0.25, 0.3) is 0 Å². The maximum absolute atomic E-state index is 9.10. The summed E-state index contributed by atoms with van der Waals surface area (Å²) < 4.78 is 2.01. The number of hydrogen-bond acceptors (Lipinski definition) is 3. The van der Waals surface area contributed by atoms with Crippen molar-refractivity contribution in [2.24, 2.45) is 0 Å². The summed E-state index contributed by atoms with van der Waals surface area (Å²) in [5.41, 5.74) is 3.18. The topological polar surface area (TPSA) is 53.6 Å². The van der Waals surface area contributed by atoms with Crippen LogP contribution in [0.4, 0.5) is 0 Å². The highest BCUT2D eigenvalue weighted by Gasteiger charge is 2.21. The van der Waals surface area contributed by atoms with E-state index in [4.69, 9.17) is 5.26 Å². The lowest BCUT2D eigenvalue weighted by Crippen LogP contribution is -2.39. The minimum atomic E-state index is -0.474. The van der Waals surface area contributed by atoms with Crippen LogP contribution >= 0.6 is 0 Å². The van der Waals surface area contributed by atoms with Crippen LogP contribution < -0.4 is 5.32 Å². The number of hydrogen-bond donors (Lipinski definition) is 1. The summed E-state index contributed by atoms with van der Waals surface area (Å²) in [6.07, 6.45) is 1.77. The summed E-state index contributed by atoms with van der Waals surface area (Å²) in [4.78, 5) is 0. The van der Waals surface area contributed by atoms with Crippen LogP contribution in [0.1, 0.15) is 37.2 Å². The Morgan fingerprint density at radius 3 is 2.53 bits per heavy atom. The highest BCUT2D eigenvalue weighted by Crippen LogP contribution is 2.16. The number of nitrogens with zero attached hydrogens (tertiary/aromatic N) is 3. The van der Waals surface area contributed by atoms with Crippen LogP contribution in [0.25, 0.3) is 0 Å². The highest BCUT2D eigenvalue weighted by atomic mass is 15.3. The lowest BCUT2D eigenvalue weighted by Gasteiger charge is -2.20. The Morgan fingerprint density at radius 2 is 2.12 bits per heavy atom. The number of nitriles is 1. The second-order valence-electron chi connectivity index (χ2n) is 4.67. The van der Waals surface area contributed by atoms with Crippen LogP contribution in [0.15, 0.2) is 0 Å². The molecular weight excluding hydrogens is 212 g/mol. The SMILES string of the molecule is CCc1c(C)nn(CCC(C)(C#N)NC)c1C. The van der Waals surface area contributed by atoms with Gasteiger partial charge < -0.3 is 5.32 Å². The van der Waals surface area contributed by atoms with Gasteiger partial charge in [0.1, 0.15) is 5.54 Å². The third-order valence-corrected chi connectivity index (χ3v) is 3.51. The molecule has 1 rings (SSSR count). The first-order valence-corrected chi connectivity index (χ1v) is 6.10. The molecule has 0 aliphatic carbocycles. The Labute approximate surface area is 104 Å². The zero-order valence-electron chi connectivity index (χ0n) is 11.5. The van der Waals surface area contributed by atoms with Gasteiger partial charge in [0.15, 0.2) is 0 Å². The molecule has 1 aromatic heterocycles. The average Bonchev–Trinajstić information content (AvgIpc) is 2.61. The standard InChI is InChI=1S/C13H22N4/c1-6-12-10(2)16-17(11(12)3)8-7-13(4,9-14)15-5/h15H,6-8H2,1-5H3. The first-order valence-electron chi connectivity index (χ1n) is 6.10. The molecule has 0 fully saturated rings. The van der Waals surface area contributed by atoms with Gasteiger partial charge in [0.05, 0.1) is 11.8 Å². The van der Waals surface area contributed by atoms with Gasteiger partial charge in [-0.3, -0.25) is 4.68 Å². The van der Waals surface area contributed by atoms with Crippen LogP contribution in [0.5, 0.6) is 0 Å². The summed E-state index contributed by atoms with van der Waals surface area (Å²) >= 11 is 0. The lowest BCUT2D eigenvalue weighted by molar-refractivity contribution is 0.404. The van der Waals surface area contributed by atoms with E-state index in [9.17, 15) is 0 Å². The smallest absolute Gasteiger partial charge is 0.105 e. The van der Waals surface area contributed by atoms with Crippen molar-refractivity contribution < 1.29 is 0 Å². The van der Waals surface area contributed by atoms with Crippen LogP contribution in [-0.2, 0) is 13.0 Å². The zero-order chi connectivity index (χ0) is 13.1. The summed E-state index contributed by atoms with van der Waals surface area (Å²) in [5, 5.41) is 16.7. The van der Waals surface area contributed by atoms with Crippen molar-refractivity contribution in [3.05, 3.63) is 17.0 Å². The van der Waals surface area contributed by atoms with Crippen molar-refractivity contribution in [3.63, 3.8) is 0 Å². The molecule has 0 saturated heterocycles. The van der Waals surface area contributed by atoms with Crippen LogP contribution in [0, 0.1) is 25.2 Å². The molecule has 0 radical (unpaired) electrons. The molecule has 0 aromatic carbocycles. The molecule has 4 heteroatoms. The fourth-order valence-corrected chi connectivity index (χ4v) is 2.03. The van der Waals surface area contributed by atoms with Crippen molar-refractivity contribution in [1.29, 1.82) is 5.26 Å². The molecule has 17 heavy (non-hydrogen) atoms. The molecule has 0 spiro atoms. The van der Waals surface area contributed by atoms with Crippen molar-refractivity contribution >= 4 is 0 Å². The van der Waals surface area contributed by atoms with E-state index in [1.165, 1.54) is 11.3 Å². The molecule has 1 heterocycles. The largest absolute Gasteiger partial charge is 0.303 e. The molecule has 4 nitrogen and oxygen atoms in total. The van der Waals surface area contributed by atoms with Gasteiger partial charge in [-0.2, -0.15) is 10.4 Å². The summed E-state index contributed by atoms with van der Waals surface area (Å²) in [5.74, 6) is 0. The van der Waals surface area contributed by atoms with Gasteiger partial charge in [-0.1, -0.05) is 6.92 Å². The Morgan fingerprint density at radius 1 is 1.47 bits per heavy atom. The van der Waals surface area contributed by atoms with E-state index in [-0.39, 0.29) is 0 Å². The highest BCUT2D eigenvalue weighted by molar-refractivity contribution is 5.24. The Kier molecular flexibility index (Phi) is 4.30. The summed E-state index contributed by atoms with van der Waals surface area (Å²) in [6.45, 7) is 8.98. The Bertz CT molecular complexity index is 427. The monoisotopic (exact) mass is 234 g/mol. The minimum absolute atomic E-state index is 0.474. The Balaban J connectivity index is 2.81. The van der Waals surface area contributed by atoms with Crippen molar-refractivity contribution in [3.8, 4) is 6.07 Å². The first kappa shape index (κ1) is 13.7. The van der Waals surface area contributed by atoms with Gasteiger partial charge in [0, 0.05) is 12.2 Å². The normalized spacial score (nSPS) is 14.4. The molecule has 94 valence electrons. The zero-order valence-corrected chi connectivity index (χ0v) is 11.5. The molecule has 1 aromatic rings. The number of nitrogens with one attached hydrogen (secondary N) is 1. The number of aryl methyl sites for hydroxylation is 2. The average molecular weight is 234 g/mol. The summed E-state index contributed by atoms with van der Waals surface area (Å²) in [7, 11) is 1.82. The predicted molar refractivity (Wildman–Crippen MR) is 68.8 cm³/mol. The van der Waals surface area contributed by atoms with Gasteiger partial charge in [0.2, 0.25) is 0 Å². The fourth-order valence-electron chi connectivity index (χ4n) is 2.03. The molecule has 1 atom stereocenters. The molecule has 0 aliphatic rings. The summed E-state index contributed by atoms with van der Waals surface area (Å²) in [6, 6.07) is 2.30. The third kappa shape index (κ3) is 2.86. The van der Waals surface area contributed by atoms with Gasteiger partial charge >= 0.3 is 0 Å². The number of aromatic nitrogens is 2. The van der Waals surface area contributed by atoms with Crippen molar-refractivity contribution in [1.82, 2.24) is 15.1 Å². The Hall–Kier alpha value is -1.34. The second-order valence-corrected chi connectivity index (χ2v) is 4.67. The molecule has 0 bridgehead atoms. The molecule has 0 aliphatic heterocycles. The quantitative estimate of drug-likeness (QED) is 0.847. The van der Waals surface area contributed by atoms with Crippen LogP contribution in [0.3, 0.4) is 0 Å². The van der Waals surface area contributed by atoms with E-state index < -0.39 is 5.54 Å². The van der Waals surface area contributed by atoms with E-state index >= 15 is 0 Å². The van der Waals surface area contributed by atoms with Crippen molar-refractivity contribution in [2.45, 2.75) is 52.6 Å². The van der Waals surface area contributed by atoms with E-state index in [1.807, 2.05) is 25.6 Å². The molecule has 1 N–H and O–H groups in total. The fraction of sp³-hybridized carbons (Fsp3) is 0.692. The molecular formula is C13H22N4. The molecule has 0 saturated carbocycles. The van der Waals surface area contributed by atoms with Gasteiger partial charge in [-0.15, -0.1) is 0 Å². The maximum Gasteiger partial charge on any atom is 0.105 e. The predicted octanol–water partition coefficient (Wildman–Crippen LogP) is 1.95. The van der Waals surface area contributed by atoms with E-state index in [1.54, 1.807) is 0 Å². The van der Waals surface area contributed by atoms with E-state index in [0.29, 0.717) is 0 Å². The van der Waals surface area contributed by atoms with Gasteiger partial charge in [-0.25, -0.2) is 0 Å². The van der Waals surface area contributed by atoms with Crippen LogP contribution in [0.2, 0.25) is 0 Å². The van der Waals surface area contributed by atoms with Crippen molar-refractivity contribution in [2.75, 3.05) is 7.05 Å². The third-order valence-electron chi connectivity index (χ3n) is 3.51. The van der Waals surface area contributed by atoms with E-state index in [0.717, 1.165) is 25.1 Å². The lowest BCUT2D eigenvalue weighted by atomic mass is 10.0. The first-order chi connectivity index (χ1) is 7.97. The number of rotatable bonds is 5. The van der Waals surface area contributed by atoms with E-state index in [2.05, 4.69) is 30.3 Å². The van der Waals surface area contributed by atoms with Gasteiger partial charge in [-0.05, 0) is 46.2 Å². The minimum Gasteiger partial charge on any atom is -0.303 e. The maximum atomic E-state index is 9.10. The molecule has 0 amide bonds. The molecule has 1 unspecified atom stereocenters. The van der Waals surface area contributed by atoms with Crippen LogP contribution in [-0.4, -0.2) is 22.4 Å².